The van der Waals surface area contributed by atoms with Crippen molar-refractivity contribution < 1.29 is 13.4 Å². The summed E-state index contributed by atoms with van der Waals surface area (Å²) in [6.45, 7) is 2.64. The van der Waals surface area contributed by atoms with Crippen LogP contribution in [0.2, 0.25) is 0 Å². The van der Waals surface area contributed by atoms with Crippen molar-refractivity contribution in [3.8, 4) is 0 Å². The highest BCUT2D eigenvalue weighted by atomic mass is 19.3. The maximum atomic E-state index is 12.5. The molecule has 10 heavy (non-hydrogen) atoms. The van der Waals surface area contributed by atoms with Crippen molar-refractivity contribution in [3.63, 3.8) is 0 Å². The van der Waals surface area contributed by atoms with Gasteiger partial charge in [-0.25, -0.2) is 13.4 Å². The van der Waals surface area contributed by atoms with Gasteiger partial charge in [0.05, 0.1) is 13.0 Å². The van der Waals surface area contributed by atoms with Gasteiger partial charge in [-0.05, 0) is 6.92 Å². The summed E-state index contributed by atoms with van der Waals surface area (Å²) in [6, 6.07) is 0. The van der Waals surface area contributed by atoms with Gasteiger partial charge in [-0.2, -0.15) is 5.84 Å². The Morgan fingerprint density at radius 1 is 1.60 bits per heavy atom. The van der Waals surface area contributed by atoms with Crippen LogP contribution in [0.5, 0.6) is 0 Å². The molecule has 0 amide bonds. The van der Waals surface area contributed by atoms with Crippen LogP contribution < -0.4 is 5.84 Å². The van der Waals surface area contributed by atoms with Gasteiger partial charge >= 0.3 is 5.92 Å². The van der Waals surface area contributed by atoms with Crippen molar-refractivity contribution in [1.82, 2.24) is 0 Å². The zero-order valence-corrected chi connectivity index (χ0v) is 6.11. The van der Waals surface area contributed by atoms with Gasteiger partial charge in [-0.3, -0.25) is 0 Å². The lowest BCUT2D eigenvalue weighted by molar-refractivity contribution is -0.930. The maximum Gasteiger partial charge on any atom is 0.302 e. The number of alkyl halides is 2. The molecule has 60 valence electrons. The molecule has 2 N–H and O–H groups in total. The third-order valence-corrected chi connectivity index (χ3v) is 2.10. The fourth-order valence-electron chi connectivity index (χ4n) is 1.27. The Labute approximate surface area is 59.2 Å². The van der Waals surface area contributed by atoms with Crippen LogP contribution in [0.15, 0.2) is 0 Å². The van der Waals surface area contributed by atoms with Gasteiger partial charge in [0.15, 0.2) is 6.54 Å². The second-order valence-corrected chi connectivity index (χ2v) is 3.02. The minimum Gasteiger partial charge on any atom is -0.243 e. The first-order valence-corrected chi connectivity index (χ1v) is 3.50. The first kappa shape index (κ1) is 7.88. The van der Waals surface area contributed by atoms with Crippen molar-refractivity contribution in [2.45, 2.75) is 19.3 Å². The van der Waals surface area contributed by atoms with Crippen LogP contribution in [0.3, 0.4) is 0 Å². The van der Waals surface area contributed by atoms with E-state index in [2.05, 4.69) is 0 Å². The predicted molar refractivity (Wildman–Crippen MR) is 34.3 cm³/mol. The summed E-state index contributed by atoms with van der Waals surface area (Å²) >= 11 is 0. The second-order valence-electron chi connectivity index (χ2n) is 3.02. The molecule has 0 aromatic rings. The van der Waals surface area contributed by atoms with E-state index in [4.69, 9.17) is 5.84 Å². The Morgan fingerprint density at radius 2 is 2.20 bits per heavy atom. The first-order valence-electron chi connectivity index (χ1n) is 3.50. The molecule has 2 nitrogen and oxygen atoms in total. The van der Waals surface area contributed by atoms with Crippen LogP contribution in [-0.4, -0.2) is 30.1 Å². The number of hydrogen-bond donors (Lipinski definition) is 1. The molecule has 1 aliphatic heterocycles. The van der Waals surface area contributed by atoms with E-state index in [1.165, 1.54) is 0 Å². The van der Waals surface area contributed by atoms with Crippen molar-refractivity contribution in [2.75, 3.05) is 19.6 Å². The molecule has 1 heterocycles. The van der Waals surface area contributed by atoms with Crippen molar-refractivity contribution >= 4 is 0 Å². The summed E-state index contributed by atoms with van der Waals surface area (Å²) in [6.07, 6.45) is -0.0582. The molecule has 1 saturated heterocycles. The SMILES string of the molecule is CC[N+]1(N)CCC(F)(F)C1. The highest BCUT2D eigenvalue weighted by Gasteiger charge is 2.47. The molecule has 0 spiro atoms. The fraction of sp³-hybridized carbons (Fsp3) is 1.00. The Hall–Kier alpha value is -0.220. The van der Waals surface area contributed by atoms with Gasteiger partial charge in [-0.15, -0.1) is 0 Å². The van der Waals surface area contributed by atoms with Gasteiger partial charge in [-0.1, -0.05) is 0 Å². The summed E-state index contributed by atoms with van der Waals surface area (Å²) in [5.41, 5.74) is 0. The molecule has 0 saturated carbocycles. The summed E-state index contributed by atoms with van der Waals surface area (Å²) in [7, 11) is 0. The monoisotopic (exact) mass is 151 g/mol. The predicted octanol–water partition coefficient (Wildman–Crippen LogP) is 0.736. The molecule has 0 bridgehead atoms. The van der Waals surface area contributed by atoms with E-state index in [0.717, 1.165) is 0 Å². The quantitative estimate of drug-likeness (QED) is 0.434. The molecule has 4 heteroatoms. The summed E-state index contributed by atoms with van der Waals surface area (Å²) < 4.78 is 25.1. The van der Waals surface area contributed by atoms with Gasteiger partial charge in [0.2, 0.25) is 0 Å². The molecule has 1 unspecified atom stereocenters. The molecule has 0 aliphatic carbocycles. The standard InChI is InChI=1S/C6H13F2N2/c1-2-10(9)4-3-6(7,8)5-10/h2-5,9H2,1H3/q+1. The number of likely N-dealkylation sites (tertiary alicyclic amines) is 1. The lowest BCUT2D eigenvalue weighted by Crippen LogP contribution is -2.53. The molecule has 0 aromatic carbocycles. The van der Waals surface area contributed by atoms with E-state index in [9.17, 15) is 8.78 Å². The number of rotatable bonds is 1. The van der Waals surface area contributed by atoms with Crippen LogP contribution in [0.1, 0.15) is 13.3 Å². The number of quaternary nitrogens is 1. The van der Waals surface area contributed by atoms with E-state index >= 15 is 0 Å². The van der Waals surface area contributed by atoms with E-state index < -0.39 is 5.92 Å². The minimum atomic E-state index is -2.52. The number of nitrogens with two attached hydrogens (primary N) is 1. The van der Waals surface area contributed by atoms with Crippen molar-refractivity contribution in [1.29, 1.82) is 0 Å². The second kappa shape index (κ2) is 2.13. The smallest absolute Gasteiger partial charge is 0.243 e. The van der Waals surface area contributed by atoms with Crippen LogP contribution in [0.4, 0.5) is 8.78 Å². The lowest BCUT2D eigenvalue weighted by atomic mass is 10.3. The topological polar surface area (TPSA) is 26.0 Å². The van der Waals surface area contributed by atoms with E-state index in [0.29, 0.717) is 13.1 Å². The Kier molecular flexibility index (Phi) is 1.68. The summed E-state index contributed by atoms with van der Waals surface area (Å²) in [5.74, 6) is 3.07. The normalized spacial score (nSPS) is 38.4. The average Bonchev–Trinajstić information content (AvgIpc) is 2.08. The number of hydrogen-bond acceptors (Lipinski definition) is 1. The zero-order chi connectivity index (χ0) is 7.83. The molecule has 1 fully saturated rings. The highest BCUT2D eigenvalue weighted by Crippen LogP contribution is 2.29. The van der Waals surface area contributed by atoms with E-state index in [-0.39, 0.29) is 17.6 Å². The number of halogens is 2. The molecular weight excluding hydrogens is 138 g/mol. The average molecular weight is 151 g/mol. The largest absolute Gasteiger partial charge is 0.302 e. The van der Waals surface area contributed by atoms with Crippen LogP contribution >= 0.6 is 0 Å². The lowest BCUT2D eigenvalue weighted by Gasteiger charge is -2.25. The number of nitrogens with zero attached hydrogens (tertiary/aromatic N) is 1. The van der Waals surface area contributed by atoms with Crippen molar-refractivity contribution in [3.05, 3.63) is 0 Å². The van der Waals surface area contributed by atoms with Crippen LogP contribution in [-0.2, 0) is 0 Å². The van der Waals surface area contributed by atoms with E-state index in [1.807, 2.05) is 6.92 Å². The van der Waals surface area contributed by atoms with E-state index in [1.54, 1.807) is 0 Å². The Bertz CT molecular complexity index is 138. The molecule has 0 radical (unpaired) electrons. The van der Waals surface area contributed by atoms with Crippen LogP contribution in [0, 0.1) is 0 Å². The van der Waals surface area contributed by atoms with Crippen molar-refractivity contribution in [2.24, 2.45) is 5.84 Å². The van der Waals surface area contributed by atoms with Gasteiger partial charge in [0.1, 0.15) is 6.54 Å². The summed E-state index contributed by atoms with van der Waals surface area (Å²) in [4.78, 5) is 0. The van der Waals surface area contributed by atoms with Gasteiger partial charge in [0, 0.05) is 0 Å². The molecule has 1 aliphatic rings. The fourth-order valence-corrected chi connectivity index (χ4v) is 1.27. The molecule has 1 rings (SSSR count). The minimum absolute atomic E-state index is 0.0347. The molecule has 0 aromatic heterocycles. The molecule has 1 atom stereocenters. The zero-order valence-electron chi connectivity index (χ0n) is 6.11. The third-order valence-electron chi connectivity index (χ3n) is 2.10. The Balaban J connectivity index is 2.57. The Morgan fingerprint density at radius 3 is 2.40 bits per heavy atom. The third kappa shape index (κ3) is 1.44. The van der Waals surface area contributed by atoms with Gasteiger partial charge in [0.25, 0.3) is 0 Å². The summed E-state index contributed by atoms with van der Waals surface area (Å²) in [5, 5.41) is 0. The molecular formula is C6H13F2N2+. The first-order chi connectivity index (χ1) is 4.47. The highest BCUT2D eigenvalue weighted by molar-refractivity contribution is 4.71. The van der Waals surface area contributed by atoms with Gasteiger partial charge < -0.3 is 0 Å². The maximum absolute atomic E-state index is 12.5. The van der Waals surface area contributed by atoms with Crippen LogP contribution in [0.25, 0.3) is 0 Å².